The molecular weight excluding hydrogens is 330 g/mol. The van der Waals surface area contributed by atoms with Gasteiger partial charge in [-0.1, -0.05) is 30.3 Å². The zero-order chi connectivity index (χ0) is 18.7. The second-order valence-corrected chi connectivity index (χ2v) is 6.19. The SMILES string of the molecule is COC(=O)c1cc(C2=NCCC(c3ccccc3)C(N)=C2C)c[nH]c1=O. The third kappa shape index (κ3) is 3.31. The van der Waals surface area contributed by atoms with E-state index in [2.05, 4.69) is 26.8 Å². The second-order valence-electron chi connectivity index (χ2n) is 6.19. The van der Waals surface area contributed by atoms with E-state index in [9.17, 15) is 9.59 Å². The number of pyridine rings is 1. The quantitative estimate of drug-likeness (QED) is 0.830. The number of hydrogen-bond acceptors (Lipinski definition) is 5. The third-order valence-corrected chi connectivity index (χ3v) is 4.64. The molecule has 0 aliphatic carbocycles. The van der Waals surface area contributed by atoms with Gasteiger partial charge in [0.05, 0.1) is 12.8 Å². The maximum Gasteiger partial charge on any atom is 0.343 e. The Morgan fingerprint density at radius 3 is 2.73 bits per heavy atom. The summed E-state index contributed by atoms with van der Waals surface area (Å²) in [4.78, 5) is 30.9. The number of allylic oxidation sites excluding steroid dienone is 2. The standard InChI is InChI=1S/C20H21N3O3/c1-12-17(21)15(13-6-4-3-5-7-13)8-9-22-18(12)14-10-16(20(25)26-2)19(24)23-11-14/h3-7,10-11,15H,8-9,21H2,1-2H3,(H,23,24). The van der Waals surface area contributed by atoms with Gasteiger partial charge < -0.3 is 15.5 Å². The van der Waals surface area contributed by atoms with Gasteiger partial charge in [-0.25, -0.2) is 4.79 Å². The van der Waals surface area contributed by atoms with E-state index in [1.54, 1.807) is 6.20 Å². The normalized spacial score (nSPS) is 17.5. The van der Waals surface area contributed by atoms with Crippen LogP contribution < -0.4 is 11.3 Å². The number of nitrogens with zero attached hydrogens (tertiary/aromatic N) is 1. The number of H-pyrrole nitrogens is 1. The Morgan fingerprint density at radius 2 is 2.04 bits per heavy atom. The lowest BCUT2D eigenvalue weighted by Crippen LogP contribution is -2.21. The molecule has 2 heterocycles. The van der Waals surface area contributed by atoms with Gasteiger partial charge in [-0.2, -0.15) is 0 Å². The fourth-order valence-electron chi connectivity index (χ4n) is 3.20. The van der Waals surface area contributed by atoms with Crippen molar-refractivity contribution in [1.29, 1.82) is 0 Å². The molecule has 6 heteroatoms. The van der Waals surface area contributed by atoms with Crippen LogP contribution in [0.25, 0.3) is 0 Å². The molecular formula is C20H21N3O3. The minimum Gasteiger partial charge on any atom is -0.465 e. The number of aromatic amines is 1. The number of methoxy groups -OCH3 is 1. The van der Waals surface area contributed by atoms with E-state index in [0.29, 0.717) is 17.8 Å². The van der Waals surface area contributed by atoms with Crippen LogP contribution >= 0.6 is 0 Å². The lowest BCUT2D eigenvalue weighted by molar-refractivity contribution is 0.0598. The van der Waals surface area contributed by atoms with Crippen LogP contribution in [0, 0.1) is 0 Å². The molecule has 3 rings (SSSR count). The van der Waals surface area contributed by atoms with Gasteiger partial charge in [0, 0.05) is 29.9 Å². The third-order valence-electron chi connectivity index (χ3n) is 4.64. The fourth-order valence-corrected chi connectivity index (χ4v) is 3.20. The number of aromatic nitrogens is 1. The first-order chi connectivity index (χ1) is 12.5. The van der Waals surface area contributed by atoms with Gasteiger partial charge in [0.2, 0.25) is 0 Å². The summed E-state index contributed by atoms with van der Waals surface area (Å²) in [6.07, 6.45) is 2.34. The molecule has 6 nitrogen and oxygen atoms in total. The Hall–Kier alpha value is -3.15. The molecule has 1 unspecified atom stereocenters. The molecule has 0 fully saturated rings. The number of carbonyl (C=O) groups is 1. The van der Waals surface area contributed by atoms with Gasteiger partial charge in [0.25, 0.3) is 5.56 Å². The van der Waals surface area contributed by atoms with Crippen molar-refractivity contribution in [2.75, 3.05) is 13.7 Å². The molecule has 0 bridgehead atoms. The first-order valence-corrected chi connectivity index (χ1v) is 8.40. The molecule has 1 aromatic carbocycles. The molecule has 3 N–H and O–H groups in total. The van der Waals surface area contributed by atoms with E-state index >= 15 is 0 Å². The zero-order valence-electron chi connectivity index (χ0n) is 14.8. The highest BCUT2D eigenvalue weighted by Crippen LogP contribution is 2.30. The number of ether oxygens (including phenoxy) is 1. The summed E-state index contributed by atoms with van der Waals surface area (Å²) in [5.74, 6) is -0.598. The second kappa shape index (κ2) is 7.39. The van der Waals surface area contributed by atoms with E-state index < -0.39 is 11.5 Å². The average molecular weight is 351 g/mol. The lowest BCUT2D eigenvalue weighted by atomic mass is 9.89. The van der Waals surface area contributed by atoms with Crippen LogP contribution in [-0.4, -0.2) is 30.3 Å². The molecule has 1 aromatic heterocycles. The highest BCUT2D eigenvalue weighted by Gasteiger charge is 2.23. The van der Waals surface area contributed by atoms with Crippen LogP contribution in [0.2, 0.25) is 0 Å². The summed E-state index contributed by atoms with van der Waals surface area (Å²) in [6.45, 7) is 2.51. The number of esters is 1. The summed E-state index contributed by atoms with van der Waals surface area (Å²) in [6, 6.07) is 11.6. The van der Waals surface area contributed by atoms with Crippen molar-refractivity contribution < 1.29 is 9.53 Å². The van der Waals surface area contributed by atoms with Crippen LogP contribution in [0.1, 0.15) is 40.7 Å². The van der Waals surface area contributed by atoms with Crippen molar-refractivity contribution in [1.82, 2.24) is 4.98 Å². The van der Waals surface area contributed by atoms with Crippen molar-refractivity contribution in [3.05, 3.63) is 80.9 Å². The highest BCUT2D eigenvalue weighted by molar-refractivity contribution is 6.13. The molecule has 0 amide bonds. The van der Waals surface area contributed by atoms with E-state index in [1.165, 1.54) is 13.2 Å². The maximum absolute atomic E-state index is 11.9. The number of rotatable bonds is 3. The van der Waals surface area contributed by atoms with Gasteiger partial charge in [-0.15, -0.1) is 0 Å². The number of nitrogens with two attached hydrogens (primary N) is 1. The van der Waals surface area contributed by atoms with Crippen molar-refractivity contribution >= 4 is 11.7 Å². The fraction of sp³-hybridized carbons (Fsp3) is 0.250. The van der Waals surface area contributed by atoms with E-state index in [-0.39, 0.29) is 11.5 Å². The predicted octanol–water partition coefficient (Wildman–Crippen LogP) is 2.37. The molecule has 0 radical (unpaired) electrons. The zero-order valence-corrected chi connectivity index (χ0v) is 14.8. The molecule has 1 atom stereocenters. The topological polar surface area (TPSA) is 97.5 Å². The van der Waals surface area contributed by atoms with Crippen molar-refractivity contribution in [2.24, 2.45) is 10.7 Å². The molecule has 1 aliphatic heterocycles. The van der Waals surface area contributed by atoms with Crippen molar-refractivity contribution in [3.63, 3.8) is 0 Å². The Kier molecular flexibility index (Phi) is 5.02. The number of carbonyl (C=O) groups excluding carboxylic acids is 1. The maximum atomic E-state index is 11.9. The molecule has 0 saturated carbocycles. The minimum atomic E-state index is -0.681. The summed E-state index contributed by atoms with van der Waals surface area (Å²) in [5.41, 5.74) is 9.99. The van der Waals surface area contributed by atoms with Gasteiger partial charge in [-0.3, -0.25) is 9.79 Å². The molecule has 134 valence electrons. The smallest absolute Gasteiger partial charge is 0.343 e. The van der Waals surface area contributed by atoms with Crippen LogP contribution in [0.3, 0.4) is 0 Å². The predicted molar refractivity (Wildman–Crippen MR) is 100 cm³/mol. The van der Waals surface area contributed by atoms with Crippen LogP contribution in [-0.2, 0) is 4.74 Å². The first kappa shape index (κ1) is 17.7. The molecule has 0 spiro atoms. The largest absolute Gasteiger partial charge is 0.465 e. The van der Waals surface area contributed by atoms with Crippen molar-refractivity contribution in [2.45, 2.75) is 19.3 Å². The molecule has 0 saturated heterocycles. The number of aliphatic imine (C=N–C) groups is 1. The van der Waals surface area contributed by atoms with Gasteiger partial charge in [0.1, 0.15) is 5.56 Å². The summed E-state index contributed by atoms with van der Waals surface area (Å²) in [7, 11) is 1.24. The number of hydrogen-bond donors (Lipinski definition) is 2. The van der Waals surface area contributed by atoms with Crippen LogP contribution in [0.15, 0.2) is 63.7 Å². The number of nitrogens with one attached hydrogen (secondary N) is 1. The monoisotopic (exact) mass is 351 g/mol. The molecule has 2 aromatic rings. The lowest BCUT2D eigenvalue weighted by Gasteiger charge is -2.18. The van der Waals surface area contributed by atoms with E-state index in [1.807, 2.05) is 25.1 Å². The van der Waals surface area contributed by atoms with Gasteiger partial charge in [0.15, 0.2) is 0 Å². The first-order valence-electron chi connectivity index (χ1n) is 8.40. The van der Waals surface area contributed by atoms with Gasteiger partial charge >= 0.3 is 5.97 Å². The summed E-state index contributed by atoms with van der Waals surface area (Å²) in [5, 5.41) is 0. The molecule has 1 aliphatic rings. The Labute approximate surface area is 151 Å². The average Bonchev–Trinajstić information content (AvgIpc) is 2.82. The Bertz CT molecular complexity index is 942. The van der Waals surface area contributed by atoms with Crippen LogP contribution in [0.5, 0.6) is 0 Å². The minimum absolute atomic E-state index is 0.0528. The van der Waals surface area contributed by atoms with Gasteiger partial charge in [-0.05, 0) is 30.5 Å². The number of benzene rings is 1. The summed E-state index contributed by atoms with van der Waals surface area (Å²) >= 11 is 0. The Morgan fingerprint density at radius 1 is 1.31 bits per heavy atom. The van der Waals surface area contributed by atoms with Crippen molar-refractivity contribution in [3.8, 4) is 0 Å². The Balaban J connectivity index is 2.04. The summed E-state index contributed by atoms with van der Waals surface area (Å²) < 4.78 is 4.67. The molecule has 26 heavy (non-hydrogen) atoms. The van der Waals surface area contributed by atoms with Crippen LogP contribution in [0.4, 0.5) is 0 Å². The highest BCUT2D eigenvalue weighted by atomic mass is 16.5. The van der Waals surface area contributed by atoms with E-state index in [0.717, 1.165) is 23.3 Å². The van der Waals surface area contributed by atoms with E-state index in [4.69, 9.17) is 5.73 Å².